The van der Waals surface area contributed by atoms with E-state index in [1.165, 1.54) is 5.56 Å². The van der Waals surface area contributed by atoms with Crippen LogP contribution in [-0.4, -0.2) is 25.8 Å². The second-order valence-corrected chi connectivity index (χ2v) is 5.41. The first-order valence-electron chi connectivity index (χ1n) is 7.28. The largest absolute Gasteiger partial charge is 0.397 e. The van der Waals surface area contributed by atoms with Crippen molar-refractivity contribution in [2.45, 2.75) is 12.5 Å². The van der Waals surface area contributed by atoms with E-state index in [0.29, 0.717) is 18.0 Å². The van der Waals surface area contributed by atoms with Crippen molar-refractivity contribution in [3.05, 3.63) is 54.1 Å². The highest BCUT2D eigenvalue weighted by atomic mass is 16.5. The summed E-state index contributed by atoms with van der Waals surface area (Å²) < 4.78 is 5.89. The summed E-state index contributed by atoms with van der Waals surface area (Å²) in [7, 11) is 0. The van der Waals surface area contributed by atoms with Crippen LogP contribution in [0, 0.1) is 0 Å². The maximum Gasteiger partial charge on any atom is 0.0791 e. The third-order valence-electron chi connectivity index (χ3n) is 3.90. The van der Waals surface area contributed by atoms with Crippen molar-refractivity contribution in [1.29, 1.82) is 0 Å². The summed E-state index contributed by atoms with van der Waals surface area (Å²) >= 11 is 0. The first-order chi connectivity index (χ1) is 10.2. The van der Waals surface area contributed by atoms with Gasteiger partial charge in [-0.15, -0.1) is 0 Å². The number of para-hydroxylation sites is 1. The molecule has 4 nitrogen and oxygen atoms in total. The molecule has 0 spiro atoms. The molecule has 0 bridgehead atoms. The van der Waals surface area contributed by atoms with Gasteiger partial charge in [0.15, 0.2) is 0 Å². The fourth-order valence-electron chi connectivity index (χ4n) is 2.78. The van der Waals surface area contributed by atoms with E-state index in [9.17, 15) is 0 Å². The SMILES string of the molecule is Nc1cccc(N2CCOC(Cc3ccccc3)C2)c1N. The van der Waals surface area contributed by atoms with Gasteiger partial charge in [-0.2, -0.15) is 0 Å². The molecule has 1 fully saturated rings. The number of benzene rings is 2. The summed E-state index contributed by atoms with van der Waals surface area (Å²) in [5.41, 5.74) is 15.6. The Morgan fingerprint density at radius 2 is 1.86 bits per heavy atom. The van der Waals surface area contributed by atoms with Crippen LogP contribution in [0.3, 0.4) is 0 Å². The average molecular weight is 283 g/mol. The highest BCUT2D eigenvalue weighted by Crippen LogP contribution is 2.29. The second-order valence-electron chi connectivity index (χ2n) is 5.41. The number of ether oxygens (including phenoxy) is 1. The van der Waals surface area contributed by atoms with Crippen LogP contribution >= 0.6 is 0 Å². The summed E-state index contributed by atoms with van der Waals surface area (Å²) in [4.78, 5) is 2.27. The van der Waals surface area contributed by atoms with Crippen LogP contribution in [0.25, 0.3) is 0 Å². The molecule has 3 rings (SSSR count). The summed E-state index contributed by atoms with van der Waals surface area (Å²) in [6.07, 6.45) is 1.10. The second kappa shape index (κ2) is 6.06. The van der Waals surface area contributed by atoms with Crippen LogP contribution in [-0.2, 0) is 11.2 Å². The third kappa shape index (κ3) is 3.11. The molecule has 0 amide bonds. The fraction of sp³-hybridized carbons (Fsp3) is 0.294. The molecule has 1 saturated heterocycles. The molecule has 0 aromatic heterocycles. The van der Waals surface area contributed by atoms with E-state index in [4.69, 9.17) is 16.2 Å². The standard InChI is InChI=1S/C17H21N3O/c18-15-7-4-8-16(17(15)19)20-9-10-21-14(12-20)11-13-5-2-1-3-6-13/h1-8,14H,9-12,18-19H2. The van der Waals surface area contributed by atoms with Crippen molar-refractivity contribution in [2.24, 2.45) is 0 Å². The van der Waals surface area contributed by atoms with Gasteiger partial charge in [0.05, 0.1) is 29.8 Å². The van der Waals surface area contributed by atoms with Crippen molar-refractivity contribution >= 4 is 17.1 Å². The number of rotatable bonds is 3. The quantitative estimate of drug-likeness (QED) is 0.848. The van der Waals surface area contributed by atoms with E-state index in [-0.39, 0.29) is 6.10 Å². The maximum absolute atomic E-state index is 6.10. The number of nitrogen functional groups attached to an aromatic ring is 2. The minimum Gasteiger partial charge on any atom is -0.397 e. The molecule has 2 aromatic rings. The molecular weight excluding hydrogens is 262 g/mol. The van der Waals surface area contributed by atoms with Crippen LogP contribution in [0.4, 0.5) is 17.1 Å². The van der Waals surface area contributed by atoms with Crippen LogP contribution < -0.4 is 16.4 Å². The van der Waals surface area contributed by atoms with Gasteiger partial charge in [-0.3, -0.25) is 0 Å². The van der Waals surface area contributed by atoms with Crippen molar-refractivity contribution in [1.82, 2.24) is 0 Å². The van der Waals surface area contributed by atoms with Gasteiger partial charge < -0.3 is 21.1 Å². The van der Waals surface area contributed by atoms with E-state index in [2.05, 4.69) is 29.2 Å². The molecule has 1 aliphatic rings. The van der Waals surface area contributed by atoms with Crippen molar-refractivity contribution in [3.63, 3.8) is 0 Å². The lowest BCUT2D eigenvalue weighted by atomic mass is 10.1. The molecule has 4 heteroatoms. The number of morpholine rings is 1. The van der Waals surface area contributed by atoms with E-state index < -0.39 is 0 Å². The Morgan fingerprint density at radius 3 is 2.67 bits per heavy atom. The Hall–Kier alpha value is -2.20. The van der Waals surface area contributed by atoms with E-state index >= 15 is 0 Å². The smallest absolute Gasteiger partial charge is 0.0791 e. The van der Waals surface area contributed by atoms with Gasteiger partial charge in [-0.25, -0.2) is 0 Å². The van der Waals surface area contributed by atoms with Gasteiger partial charge in [-0.1, -0.05) is 36.4 Å². The molecule has 0 saturated carbocycles. The topological polar surface area (TPSA) is 64.5 Å². The third-order valence-corrected chi connectivity index (χ3v) is 3.90. The normalized spacial score (nSPS) is 18.7. The van der Waals surface area contributed by atoms with E-state index in [1.807, 2.05) is 24.3 Å². The molecule has 4 N–H and O–H groups in total. The predicted octanol–water partition coefficient (Wildman–Crippen LogP) is 2.30. The molecule has 0 radical (unpaired) electrons. The number of anilines is 3. The fourth-order valence-corrected chi connectivity index (χ4v) is 2.78. The van der Waals surface area contributed by atoms with E-state index in [1.54, 1.807) is 0 Å². The molecule has 2 aromatic carbocycles. The average Bonchev–Trinajstić information content (AvgIpc) is 2.51. The monoisotopic (exact) mass is 283 g/mol. The number of hydrogen-bond acceptors (Lipinski definition) is 4. The number of nitrogens with zero attached hydrogens (tertiary/aromatic N) is 1. The zero-order valence-corrected chi connectivity index (χ0v) is 12.0. The zero-order chi connectivity index (χ0) is 14.7. The summed E-state index contributed by atoms with van der Waals surface area (Å²) in [5.74, 6) is 0. The zero-order valence-electron chi connectivity index (χ0n) is 12.0. The van der Waals surface area contributed by atoms with Gasteiger partial charge in [0, 0.05) is 19.5 Å². The Labute approximate surface area is 125 Å². The van der Waals surface area contributed by atoms with Gasteiger partial charge in [-0.05, 0) is 17.7 Å². The number of hydrogen-bond donors (Lipinski definition) is 2. The Bertz CT molecular complexity index is 600. The van der Waals surface area contributed by atoms with Gasteiger partial charge >= 0.3 is 0 Å². The summed E-state index contributed by atoms with van der Waals surface area (Å²) in [6, 6.07) is 16.2. The molecular formula is C17H21N3O. The molecule has 1 unspecified atom stereocenters. The summed E-state index contributed by atoms with van der Waals surface area (Å²) in [6.45, 7) is 2.40. The molecule has 1 heterocycles. The first kappa shape index (κ1) is 13.8. The molecule has 21 heavy (non-hydrogen) atoms. The highest BCUT2D eigenvalue weighted by molar-refractivity contribution is 5.79. The predicted molar refractivity (Wildman–Crippen MR) is 87.4 cm³/mol. The lowest BCUT2D eigenvalue weighted by Crippen LogP contribution is -2.43. The van der Waals surface area contributed by atoms with Crippen LogP contribution in [0.1, 0.15) is 5.56 Å². The minimum atomic E-state index is 0.182. The molecule has 110 valence electrons. The van der Waals surface area contributed by atoms with Crippen molar-refractivity contribution < 1.29 is 4.74 Å². The van der Waals surface area contributed by atoms with Crippen LogP contribution in [0.5, 0.6) is 0 Å². The molecule has 0 aliphatic carbocycles. The minimum absolute atomic E-state index is 0.182. The summed E-state index contributed by atoms with van der Waals surface area (Å²) in [5, 5.41) is 0. The highest BCUT2D eigenvalue weighted by Gasteiger charge is 2.22. The maximum atomic E-state index is 6.10. The lowest BCUT2D eigenvalue weighted by molar-refractivity contribution is 0.0411. The van der Waals surface area contributed by atoms with Gasteiger partial charge in [0.1, 0.15) is 0 Å². The van der Waals surface area contributed by atoms with Crippen molar-refractivity contribution in [3.8, 4) is 0 Å². The molecule has 1 aliphatic heterocycles. The lowest BCUT2D eigenvalue weighted by Gasteiger charge is -2.35. The van der Waals surface area contributed by atoms with Crippen LogP contribution in [0.2, 0.25) is 0 Å². The Morgan fingerprint density at radius 1 is 1.05 bits per heavy atom. The first-order valence-corrected chi connectivity index (χ1v) is 7.28. The van der Waals surface area contributed by atoms with Gasteiger partial charge in [0.25, 0.3) is 0 Å². The van der Waals surface area contributed by atoms with Gasteiger partial charge in [0.2, 0.25) is 0 Å². The van der Waals surface area contributed by atoms with Crippen molar-refractivity contribution in [2.75, 3.05) is 36.1 Å². The Balaban J connectivity index is 1.72. The Kier molecular flexibility index (Phi) is 3.97. The molecule has 1 atom stereocenters. The van der Waals surface area contributed by atoms with Crippen LogP contribution in [0.15, 0.2) is 48.5 Å². The number of nitrogens with two attached hydrogens (primary N) is 2. The van der Waals surface area contributed by atoms with E-state index in [0.717, 1.165) is 25.2 Å².